The number of benzene rings is 1. The number of likely N-dealkylation sites (tertiary alicyclic amines) is 1. The molecule has 1 heterocycles. The first kappa shape index (κ1) is 15.8. The minimum absolute atomic E-state index is 0.0415. The molecular weight excluding hydrogens is 270 g/mol. The van der Waals surface area contributed by atoms with Gasteiger partial charge in [0.1, 0.15) is 0 Å². The van der Waals surface area contributed by atoms with E-state index >= 15 is 0 Å². The van der Waals surface area contributed by atoms with Gasteiger partial charge in [-0.15, -0.1) is 0 Å². The van der Waals surface area contributed by atoms with Crippen molar-refractivity contribution in [2.24, 2.45) is 5.84 Å². The number of aliphatic hydroxyl groups excluding tert-OH is 1. The van der Waals surface area contributed by atoms with Crippen molar-refractivity contribution >= 4 is 11.6 Å². The van der Waals surface area contributed by atoms with E-state index in [1.165, 1.54) is 0 Å². The van der Waals surface area contributed by atoms with Crippen LogP contribution in [0.4, 0.5) is 5.69 Å². The molecule has 21 heavy (non-hydrogen) atoms. The molecule has 1 aromatic rings. The van der Waals surface area contributed by atoms with Gasteiger partial charge < -0.3 is 20.2 Å². The van der Waals surface area contributed by atoms with E-state index in [0.717, 1.165) is 24.1 Å². The molecule has 1 amide bonds. The van der Waals surface area contributed by atoms with Gasteiger partial charge in [-0.2, -0.15) is 0 Å². The van der Waals surface area contributed by atoms with E-state index in [4.69, 9.17) is 15.7 Å². The van der Waals surface area contributed by atoms with Crippen molar-refractivity contribution in [3.05, 3.63) is 29.3 Å². The molecule has 2 rings (SSSR count). The number of nitrogen functional groups attached to an aromatic ring is 1. The minimum atomic E-state index is 0.0415. The maximum atomic E-state index is 12.5. The highest BCUT2D eigenvalue weighted by Crippen LogP contribution is 2.20. The zero-order chi connectivity index (χ0) is 15.2. The van der Waals surface area contributed by atoms with Crippen molar-refractivity contribution in [2.45, 2.75) is 25.9 Å². The van der Waals surface area contributed by atoms with Crippen LogP contribution < -0.4 is 11.3 Å². The summed E-state index contributed by atoms with van der Waals surface area (Å²) in [5.74, 6) is 5.42. The molecule has 0 bridgehead atoms. The fourth-order valence-corrected chi connectivity index (χ4v) is 2.61. The zero-order valence-electron chi connectivity index (χ0n) is 12.3. The Balaban J connectivity index is 1.95. The van der Waals surface area contributed by atoms with E-state index in [0.29, 0.717) is 25.3 Å². The third-order valence-corrected chi connectivity index (χ3v) is 3.80. The lowest BCUT2D eigenvalue weighted by Gasteiger charge is -2.32. The van der Waals surface area contributed by atoms with Crippen LogP contribution in [0, 0.1) is 6.92 Å². The number of nitrogens with two attached hydrogens (primary N) is 1. The molecule has 0 spiro atoms. The quantitative estimate of drug-likeness (QED) is 0.554. The standard InChI is InChI=1S/C15H23N3O3/c1-11-10-12(17-16)2-3-14(11)15(20)18-6-4-13(5-7-18)21-9-8-19/h2-3,10,13,17,19H,4-9,16H2,1H3. The van der Waals surface area contributed by atoms with Crippen LogP contribution in [-0.2, 0) is 4.74 Å². The molecule has 0 radical (unpaired) electrons. The first-order chi connectivity index (χ1) is 10.2. The first-order valence-corrected chi connectivity index (χ1v) is 7.24. The topological polar surface area (TPSA) is 87.8 Å². The molecule has 6 nitrogen and oxygen atoms in total. The minimum Gasteiger partial charge on any atom is -0.394 e. The summed E-state index contributed by atoms with van der Waals surface area (Å²) >= 11 is 0. The molecule has 6 heteroatoms. The average Bonchev–Trinajstić information content (AvgIpc) is 2.52. The normalized spacial score (nSPS) is 16.0. The Labute approximate surface area is 124 Å². The van der Waals surface area contributed by atoms with Crippen molar-refractivity contribution in [3.63, 3.8) is 0 Å². The third-order valence-electron chi connectivity index (χ3n) is 3.80. The Hall–Kier alpha value is -1.63. The smallest absolute Gasteiger partial charge is 0.254 e. The molecule has 1 fully saturated rings. The second kappa shape index (κ2) is 7.40. The number of carbonyl (C=O) groups is 1. The molecule has 0 atom stereocenters. The predicted molar refractivity (Wildman–Crippen MR) is 81.0 cm³/mol. The van der Waals surface area contributed by atoms with Gasteiger partial charge in [0.15, 0.2) is 0 Å². The van der Waals surface area contributed by atoms with Crippen LogP contribution in [0.1, 0.15) is 28.8 Å². The van der Waals surface area contributed by atoms with E-state index in [1.807, 2.05) is 17.9 Å². The molecule has 0 saturated carbocycles. The first-order valence-electron chi connectivity index (χ1n) is 7.24. The summed E-state index contributed by atoms with van der Waals surface area (Å²) in [5, 5.41) is 8.76. The molecule has 0 aromatic heterocycles. The molecule has 4 N–H and O–H groups in total. The summed E-state index contributed by atoms with van der Waals surface area (Å²) in [7, 11) is 0. The number of carbonyl (C=O) groups excluding carboxylic acids is 1. The number of nitrogens with one attached hydrogen (secondary N) is 1. The predicted octanol–water partition coefficient (Wildman–Crippen LogP) is 0.894. The number of aryl methyl sites for hydroxylation is 1. The van der Waals surface area contributed by atoms with E-state index in [-0.39, 0.29) is 18.6 Å². The Morgan fingerprint density at radius 2 is 2.19 bits per heavy atom. The largest absolute Gasteiger partial charge is 0.394 e. The summed E-state index contributed by atoms with van der Waals surface area (Å²) < 4.78 is 5.51. The molecule has 1 saturated heterocycles. The number of nitrogens with zero attached hydrogens (tertiary/aromatic N) is 1. The van der Waals surface area contributed by atoms with Crippen molar-refractivity contribution in [1.29, 1.82) is 0 Å². The van der Waals surface area contributed by atoms with Gasteiger partial charge in [-0.05, 0) is 43.5 Å². The SMILES string of the molecule is Cc1cc(NN)ccc1C(=O)N1CCC(OCCO)CC1. The van der Waals surface area contributed by atoms with Gasteiger partial charge in [0.25, 0.3) is 5.91 Å². The van der Waals surface area contributed by atoms with Crippen molar-refractivity contribution in [2.75, 3.05) is 31.7 Å². The number of hydrogen-bond acceptors (Lipinski definition) is 5. The van der Waals surface area contributed by atoms with E-state index in [1.54, 1.807) is 12.1 Å². The Morgan fingerprint density at radius 1 is 1.48 bits per heavy atom. The second-order valence-electron chi connectivity index (χ2n) is 5.26. The van der Waals surface area contributed by atoms with Gasteiger partial charge in [0.2, 0.25) is 0 Å². The van der Waals surface area contributed by atoms with Gasteiger partial charge in [0, 0.05) is 24.3 Å². The molecule has 0 aliphatic carbocycles. The van der Waals surface area contributed by atoms with Gasteiger partial charge in [-0.3, -0.25) is 10.6 Å². The van der Waals surface area contributed by atoms with Crippen LogP contribution in [0.25, 0.3) is 0 Å². The number of ether oxygens (including phenoxy) is 1. The van der Waals surface area contributed by atoms with Crippen molar-refractivity contribution in [3.8, 4) is 0 Å². The monoisotopic (exact) mass is 293 g/mol. The number of hydrogen-bond donors (Lipinski definition) is 3. The van der Waals surface area contributed by atoms with Gasteiger partial charge in [-0.25, -0.2) is 0 Å². The number of rotatable bonds is 5. The van der Waals surface area contributed by atoms with Crippen LogP contribution in [0.15, 0.2) is 18.2 Å². The summed E-state index contributed by atoms with van der Waals surface area (Å²) in [6.07, 6.45) is 1.77. The average molecular weight is 293 g/mol. The van der Waals surface area contributed by atoms with E-state index < -0.39 is 0 Å². The number of anilines is 1. The number of hydrazine groups is 1. The maximum Gasteiger partial charge on any atom is 0.254 e. The van der Waals surface area contributed by atoms with Crippen LogP contribution in [0.5, 0.6) is 0 Å². The lowest BCUT2D eigenvalue weighted by Crippen LogP contribution is -2.41. The third kappa shape index (κ3) is 3.93. The van der Waals surface area contributed by atoms with Crippen LogP contribution >= 0.6 is 0 Å². The Morgan fingerprint density at radius 3 is 2.76 bits per heavy atom. The molecule has 0 unspecified atom stereocenters. The van der Waals surface area contributed by atoms with Crippen LogP contribution in [0.3, 0.4) is 0 Å². The van der Waals surface area contributed by atoms with Gasteiger partial charge in [0.05, 0.1) is 19.3 Å². The highest BCUT2D eigenvalue weighted by Gasteiger charge is 2.24. The Bertz CT molecular complexity index is 485. The molecular formula is C15H23N3O3. The molecule has 1 aliphatic rings. The highest BCUT2D eigenvalue weighted by molar-refractivity contribution is 5.96. The summed E-state index contributed by atoms with van der Waals surface area (Å²) in [6, 6.07) is 5.48. The number of amides is 1. The summed E-state index contributed by atoms with van der Waals surface area (Å²) in [6.45, 7) is 3.69. The zero-order valence-corrected chi connectivity index (χ0v) is 12.3. The van der Waals surface area contributed by atoms with Gasteiger partial charge >= 0.3 is 0 Å². The Kier molecular flexibility index (Phi) is 5.55. The fourth-order valence-electron chi connectivity index (χ4n) is 2.61. The second-order valence-corrected chi connectivity index (χ2v) is 5.26. The summed E-state index contributed by atoms with van der Waals surface area (Å²) in [4.78, 5) is 14.4. The number of aliphatic hydroxyl groups is 1. The molecule has 1 aromatic carbocycles. The molecule has 116 valence electrons. The highest BCUT2D eigenvalue weighted by atomic mass is 16.5. The van der Waals surface area contributed by atoms with E-state index in [9.17, 15) is 4.79 Å². The lowest BCUT2D eigenvalue weighted by molar-refractivity contribution is -0.00555. The number of piperidine rings is 1. The van der Waals surface area contributed by atoms with E-state index in [2.05, 4.69) is 5.43 Å². The lowest BCUT2D eigenvalue weighted by atomic mass is 10.0. The maximum absolute atomic E-state index is 12.5. The van der Waals surface area contributed by atoms with Crippen LogP contribution in [0.2, 0.25) is 0 Å². The summed E-state index contributed by atoms with van der Waals surface area (Å²) in [5.41, 5.74) is 4.99. The molecule has 1 aliphatic heterocycles. The van der Waals surface area contributed by atoms with Gasteiger partial charge in [-0.1, -0.05) is 0 Å². The van der Waals surface area contributed by atoms with Crippen LogP contribution in [-0.4, -0.2) is 48.3 Å². The fraction of sp³-hybridized carbons (Fsp3) is 0.533. The van der Waals surface area contributed by atoms with Crippen molar-refractivity contribution in [1.82, 2.24) is 4.90 Å². The van der Waals surface area contributed by atoms with Crippen molar-refractivity contribution < 1.29 is 14.6 Å².